The molecule has 4 bridgehead atoms. The molecule has 1 aromatic carbocycles. The van der Waals surface area contributed by atoms with Crippen LogP contribution >= 0.6 is 0 Å². The van der Waals surface area contributed by atoms with Crippen molar-refractivity contribution < 1.29 is 4.79 Å². The molecule has 1 amide bonds. The molecule has 2 aromatic rings. The molecule has 4 nitrogen and oxygen atoms in total. The summed E-state index contributed by atoms with van der Waals surface area (Å²) >= 11 is 0. The van der Waals surface area contributed by atoms with Crippen molar-refractivity contribution in [2.75, 3.05) is 11.1 Å². The first-order valence-corrected chi connectivity index (χ1v) is 9.99. The highest BCUT2D eigenvalue weighted by atomic mass is 16.2. The SMILES string of the molecule is CC12CC3CC(C(=O)Nc4ccnc(N)c4)(C1)CC(c1ccccc1)(C3)C2. The topological polar surface area (TPSA) is 68.0 Å². The third kappa shape index (κ3) is 2.65. The van der Waals surface area contributed by atoms with Crippen LogP contribution in [-0.4, -0.2) is 10.9 Å². The van der Waals surface area contributed by atoms with E-state index in [4.69, 9.17) is 5.73 Å². The van der Waals surface area contributed by atoms with Crippen LogP contribution in [0.5, 0.6) is 0 Å². The number of amides is 1. The Balaban J connectivity index is 1.51. The van der Waals surface area contributed by atoms with E-state index in [1.807, 2.05) is 6.07 Å². The van der Waals surface area contributed by atoms with Crippen LogP contribution in [0, 0.1) is 16.7 Å². The molecule has 0 aliphatic heterocycles. The number of nitrogens with one attached hydrogen (secondary N) is 1. The number of carbonyl (C=O) groups excluding carboxylic acids is 1. The zero-order valence-electron chi connectivity index (χ0n) is 15.9. The van der Waals surface area contributed by atoms with Gasteiger partial charge < -0.3 is 11.1 Å². The molecular weight excluding hydrogens is 334 g/mol. The highest BCUT2D eigenvalue weighted by Gasteiger charge is 2.64. The minimum atomic E-state index is -0.276. The van der Waals surface area contributed by atoms with Gasteiger partial charge >= 0.3 is 0 Å². The van der Waals surface area contributed by atoms with Crippen LogP contribution < -0.4 is 11.1 Å². The van der Waals surface area contributed by atoms with Crippen molar-refractivity contribution in [3.8, 4) is 0 Å². The van der Waals surface area contributed by atoms with E-state index in [0.717, 1.165) is 24.9 Å². The molecule has 0 radical (unpaired) electrons. The molecule has 4 fully saturated rings. The number of benzene rings is 1. The van der Waals surface area contributed by atoms with E-state index >= 15 is 0 Å². The van der Waals surface area contributed by atoms with E-state index in [1.165, 1.54) is 24.8 Å². The second-order valence-electron chi connectivity index (χ2n) is 9.67. The lowest BCUT2D eigenvalue weighted by Crippen LogP contribution is -2.61. The maximum atomic E-state index is 13.5. The molecule has 1 heterocycles. The average Bonchev–Trinajstić information content (AvgIpc) is 2.60. The molecule has 6 rings (SSSR count). The van der Waals surface area contributed by atoms with Crippen LogP contribution in [0.2, 0.25) is 0 Å². The number of pyridine rings is 1. The van der Waals surface area contributed by atoms with Gasteiger partial charge in [0.15, 0.2) is 0 Å². The molecular formula is C23H27N3O. The van der Waals surface area contributed by atoms with Gasteiger partial charge in [-0.2, -0.15) is 0 Å². The summed E-state index contributed by atoms with van der Waals surface area (Å²) in [4.78, 5) is 17.5. The van der Waals surface area contributed by atoms with Crippen LogP contribution in [0.3, 0.4) is 0 Å². The van der Waals surface area contributed by atoms with E-state index in [-0.39, 0.29) is 22.2 Å². The quantitative estimate of drug-likeness (QED) is 0.844. The molecule has 4 atom stereocenters. The molecule has 4 unspecified atom stereocenters. The second-order valence-corrected chi connectivity index (χ2v) is 9.67. The van der Waals surface area contributed by atoms with E-state index < -0.39 is 0 Å². The third-order valence-corrected chi connectivity index (χ3v) is 7.25. The largest absolute Gasteiger partial charge is 0.384 e. The first-order chi connectivity index (χ1) is 12.9. The summed E-state index contributed by atoms with van der Waals surface area (Å²) in [6.07, 6.45) is 8.32. The molecule has 0 spiro atoms. The van der Waals surface area contributed by atoms with E-state index in [2.05, 4.69) is 47.6 Å². The lowest BCUT2D eigenvalue weighted by molar-refractivity contribution is -0.154. The Morgan fingerprint density at radius 3 is 2.67 bits per heavy atom. The van der Waals surface area contributed by atoms with Crippen LogP contribution in [0.15, 0.2) is 48.7 Å². The predicted molar refractivity (Wildman–Crippen MR) is 107 cm³/mol. The van der Waals surface area contributed by atoms with Crippen LogP contribution in [-0.2, 0) is 10.2 Å². The van der Waals surface area contributed by atoms with Crippen molar-refractivity contribution in [2.45, 2.75) is 50.9 Å². The number of anilines is 2. The van der Waals surface area contributed by atoms with Gasteiger partial charge in [0.2, 0.25) is 5.91 Å². The van der Waals surface area contributed by atoms with Gasteiger partial charge in [-0.15, -0.1) is 0 Å². The summed E-state index contributed by atoms with van der Waals surface area (Å²) in [5.41, 5.74) is 8.09. The summed E-state index contributed by atoms with van der Waals surface area (Å²) in [7, 11) is 0. The number of nitrogen functional groups attached to an aromatic ring is 1. The van der Waals surface area contributed by atoms with Gasteiger partial charge in [0.05, 0.1) is 5.41 Å². The molecule has 1 aromatic heterocycles. The number of hydrogen-bond acceptors (Lipinski definition) is 3. The fraction of sp³-hybridized carbons (Fsp3) is 0.478. The van der Waals surface area contributed by atoms with Gasteiger partial charge in [-0.3, -0.25) is 4.79 Å². The monoisotopic (exact) mass is 361 g/mol. The smallest absolute Gasteiger partial charge is 0.230 e. The van der Waals surface area contributed by atoms with Crippen LogP contribution in [0.1, 0.15) is 51.0 Å². The maximum absolute atomic E-state index is 13.5. The van der Waals surface area contributed by atoms with Gasteiger partial charge in [0.1, 0.15) is 5.82 Å². The Hall–Kier alpha value is -2.36. The number of nitrogens with zero attached hydrogens (tertiary/aromatic N) is 1. The number of hydrogen-bond donors (Lipinski definition) is 2. The minimum Gasteiger partial charge on any atom is -0.384 e. The highest BCUT2D eigenvalue weighted by molar-refractivity contribution is 5.96. The fourth-order valence-corrected chi connectivity index (χ4v) is 7.08. The summed E-state index contributed by atoms with van der Waals surface area (Å²) in [6.45, 7) is 2.40. The molecule has 27 heavy (non-hydrogen) atoms. The average molecular weight is 361 g/mol. The van der Waals surface area contributed by atoms with Crippen molar-refractivity contribution in [3.05, 3.63) is 54.2 Å². The lowest BCUT2D eigenvalue weighted by atomic mass is 9.38. The molecule has 4 heteroatoms. The van der Waals surface area contributed by atoms with Crippen molar-refractivity contribution in [2.24, 2.45) is 16.7 Å². The normalized spacial score (nSPS) is 36.6. The number of carbonyl (C=O) groups is 1. The first-order valence-electron chi connectivity index (χ1n) is 9.99. The lowest BCUT2D eigenvalue weighted by Gasteiger charge is -2.65. The summed E-state index contributed by atoms with van der Waals surface area (Å²) in [5.74, 6) is 1.24. The Bertz CT molecular complexity index is 898. The number of nitrogens with two attached hydrogens (primary N) is 1. The molecule has 4 aliphatic rings. The second kappa shape index (κ2) is 5.57. The van der Waals surface area contributed by atoms with Crippen molar-refractivity contribution in [3.63, 3.8) is 0 Å². The maximum Gasteiger partial charge on any atom is 0.230 e. The molecule has 4 aliphatic carbocycles. The Morgan fingerprint density at radius 1 is 1.11 bits per heavy atom. The summed E-state index contributed by atoms with van der Waals surface area (Å²) in [5, 5.41) is 3.17. The molecule has 3 N–H and O–H groups in total. The van der Waals surface area contributed by atoms with Crippen LogP contribution in [0.4, 0.5) is 11.5 Å². The Morgan fingerprint density at radius 2 is 1.93 bits per heavy atom. The van der Waals surface area contributed by atoms with E-state index in [0.29, 0.717) is 11.7 Å². The summed E-state index contributed by atoms with van der Waals surface area (Å²) < 4.78 is 0. The highest BCUT2D eigenvalue weighted by Crippen LogP contribution is 2.70. The molecule has 0 saturated heterocycles. The van der Waals surface area contributed by atoms with Gasteiger partial charge in [0.25, 0.3) is 0 Å². The zero-order valence-corrected chi connectivity index (χ0v) is 15.9. The van der Waals surface area contributed by atoms with Crippen molar-refractivity contribution >= 4 is 17.4 Å². The van der Waals surface area contributed by atoms with Gasteiger partial charge in [-0.25, -0.2) is 4.98 Å². The number of aromatic nitrogens is 1. The van der Waals surface area contributed by atoms with Gasteiger partial charge in [-0.1, -0.05) is 37.3 Å². The summed E-state index contributed by atoms with van der Waals surface area (Å²) in [6, 6.07) is 14.5. The van der Waals surface area contributed by atoms with E-state index in [9.17, 15) is 4.79 Å². The van der Waals surface area contributed by atoms with Crippen molar-refractivity contribution in [1.82, 2.24) is 4.98 Å². The molecule has 4 saturated carbocycles. The first kappa shape index (κ1) is 16.8. The standard InChI is InChI=1S/C23H27N3O/c1-21-10-16-11-22(13-21,17-5-3-2-4-6-17)15-23(12-16,14-21)20(27)26-18-7-8-25-19(24)9-18/h2-9,16H,10-15H2,1H3,(H3,24,25,26,27). The van der Waals surface area contributed by atoms with Crippen LogP contribution in [0.25, 0.3) is 0 Å². The predicted octanol–water partition coefficient (Wildman–Crippen LogP) is 4.53. The zero-order chi connectivity index (χ0) is 18.7. The van der Waals surface area contributed by atoms with Crippen molar-refractivity contribution in [1.29, 1.82) is 0 Å². The van der Waals surface area contributed by atoms with Gasteiger partial charge in [-0.05, 0) is 66.9 Å². The minimum absolute atomic E-state index is 0.143. The van der Waals surface area contributed by atoms with E-state index in [1.54, 1.807) is 12.3 Å². The Kier molecular flexibility index (Phi) is 3.46. The number of rotatable bonds is 3. The Labute approximate surface area is 160 Å². The molecule has 140 valence electrons. The van der Waals surface area contributed by atoms with Gasteiger partial charge in [0, 0.05) is 18.0 Å². The third-order valence-electron chi connectivity index (χ3n) is 7.25. The fourth-order valence-electron chi connectivity index (χ4n) is 7.08.